The molecule has 2 saturated heterocycles. The van der Waals surface area contributed by atoms with Gasteiger partial charge in [0.25, 0.3) is 5.91 Å². The zero-order valence-corrected chi connectivity index (χ0v) is 16.1. The van der Waals surface area contributed by atoms with Crippen molar-refractivity contribution in [3.8, 4) is 5.75 Å². The lowest BCUT2D eigenvalue weighted by Crippen LogP contribution is -2.48. The van der Waals surface area contributed by atoms with Gasteiger partial charge in [0.2, 0.25) is 0 Å². The summed E-state index contributed by atoms with van der Waals surface area (Å²) in [7, 11) is 0. The van der Waals surface area contributed by atoms with Gasteiger partial charge in [-0.2, -0.15) is 13.2 Å². The van der Waals surface area contributed by atoms with Gasteiger partial charge in [-0.3, -0.25) is 9.78 Å². The topological polar surface area (TPSA) is 107 Å². The van der Waals surface area contributed by atoms with E-state index < -0.39 is 36.4 Å². The summed E-state index contributed by atoms with van der Waals surface area (Å²) in [5, 5.41) is 2.78. The molecule has 2 aliphatic rings. The lowest BCUT2D eigenvalue weighted by molar-refractivity contribution is -0.161. The lowest BCUT2D eigenvalue weighted by Gasteiger charge is -2.31. The SMILES string of the molecule is CC(C)Oc1cc2c(N3C[C@H]4NC(=O)O[C@H]4C3C(F)(F)F)ccnc2cc1C(N)=O. The summed E-state index contributed by atoms with van der Waals surface area (Å²) in [6.07, 6.45) is -5.81. The predicted molar refractivity (Wildman–Crippen MR) is 100 cm³/mol. The van der Waals surface area contributed by atoms with Crippen LogP contribution in [-0.4, -0.2) is 54.0 Å². The van der Waals surface area contributed by atoms with Gasteiger partial charge in [0.05, 0.1) is 23.2 Å². The molecule has 0 radical (unpaired) electrons. The van der Waals surface area contributed by atoms with E-state index in [4.69, 9.17) is 15.2 Å². The largest absolute Gasteiger partial charge is 0.490 e. The van der Waals surface area contributed by atoms with Crippen LogP contribution in [0.2, 0.25) is 0 Å². The minimum absolute atomic E-state index is 0.0853. The lowest BCUT2D eigenvalue weighted by atomic mass is 10.1. The van der Waals surface area contributed by atoms with E-state index in [2.05, 4.69) is 10.3 Å². The van der Waals surface area contributed by atoms with Crippen LogP contribution in [0.3, 0.4) is 0 Å². The number of hydrogen-bond donors (Lipinski definition) is 2. The van der Waals surface area contributed by atoms with E-state index >= 15 is 0 Å². The molecule has 8 nitrogen and oxygen atoms in total. The van der Waals surface area contributed by atoms with Crippen LogP contribution in [0.5, 0.6) is 5.75 Å². The number of alkyl carbamates (subject to hydrolysis) is 1. The molecule has 1 aromatic heterocycles. The summed E-state index contributed by atoms with van der Waals surface area (Å²) in [6, 6.07) is 1.49. The first-order valence-corrected chi connectivity index (χ1v) is 9.26. The van der Waals surface area contributed by atoms with Crippen LogP contribution in [0.25, 0.3) is 10.9 Å². The van der Waals surface area contributed by atoms with Gasteiger partial charge in [0.1, 0.15) is 5.75 Å². The van der Waals surface area contributed by atoms with Crippen molar-refractivity contribution in [2.45, 2.75) is 44.3 Å². The molecule has 0 aliphatic carbocycles. The first-order chi connectivity index (χ1) is 14.1. The fourth-order valence-electron chi connectivity index (χ4n) is 3.97. The second-order valence-electron chi connectivity index (χ2n) is 7.49. The van der Waals surface area contributed by atoms with Crippen molar-refractivity contribution in [2.24, 2.45) is 5.73 Å². The van der Waals surface area contributed by atoms with Crippen LogP contribution in [0, 0.1) is 0 Å². The van der Waals surface area contributed by atoms with Gasteiger partial charge in [-0.25, -0.2) is 4.79 Å². The number of fused-ring (bicyclic) bond motifs is 2. The van der Waals surface area contributed by atoms with Crippen molar-refractivity contribution in [1.82, 2.24) is 10.3 Å². The van der Waals surface area contributed by atoms with Crippen molar-refractivity contribution in [3.63, 3.8) is 0 Å². The molecular weight excluding hydrogens is 405 g/mol. The van der Waals surface area contributed by atoms with Crippen LogP contribution in [0.15, 0.2) is 24.4 Å². The van der Waals surface area contributed by atoms with Crippen LogP contribution >= 0.6 is 0 Å². The van der Waals surface area contributed by atoms with E-state index in [1.54, 1.807) is 13.8 Å². The van der Waals surface area contributed by atoms with Crippen molar-refractivity contribution in [2.75, 3.05) is 11.4 Å². The first-order valence-electron chi connectivity index (χ1n) is 9.26. The molecule has 0 bridgehead atoms. The fraction of sp³-hybridized carbons (Fsp3) is 0.421. The zero-order chi connectivity index (χ0) is 21.8. The Labute approximate surface area is 169 Å². The fourth-order valence-corrected chi connectivity index (χ4v) is 3.97. The number of carbonyl (C=O) groups is 2. The maximum absolute atomic E-state index is 13.9. The number of halogens is 3. The third-order valence-corrected chi connectivity index (χ3v) is 5.08. The van der Waals surface area contributed by atoms with Gasteiger partial charge < -0.3 is 25.4 Å². The number of alkyl halides is 3. The third kappa shape index (κ3) is 3.33. The Morgan fingerprint density at radius 2 is 2.13 bits per heavy atom. The Kier molecular flexibility index (Phi) is 4.63. The molecule has 0 spiro atoms. The minimum atomic E-state index is -4.65. The Hall–Kier alpha value is -3.24. The molecule has 1 aromatic carbocycles. The molecule has 3 atom stereocenters. The Bertz CT molecular complexity index is 1030. The number of anilines is 1. The number of benzene rings is 1. The average Bonchev–Trinajstić information content (AvgIpc) is 3.14. The van der Waals surface area contributed by atoms with Gasteiger partial charge in [0.15, 0.2) is 12.1 Å². The molecule has 3 N–H and O–H groups in total. The molecule has 2 fully saturated rings. The molecular formula is C19H19F3N4O4. The maximum atomic E-state index is 13.9. The molecule has 2 aromatic rings. The van der Waals surface area contributed by atoms with Gasteiger partial charge in [-0.1, -0.05) is 0 Å². The number of nitrogens with zero attached hydrogens (tertiary/aromatic N) is 2. The Morgan fingerprint density at radius 1 is 1.40 bits per heavy atom. The highest BCUT2D eigenvalue weighted by atomic mass is 19.4. The summed E-state index contributed by atoms with van der Waals surface area (Å²) in [6.45, 7) is 3.40. The summed E-state index contributed by atoms with van der Waals surface area (Å²) >= 11 is 0. The van der Waals surface area contributed by atoms with Gasteiger partial charge >= 0.3 is 12.3 Å². The van der Waals surface area contributed by atoms with E-state index in [-0.39, 0.29) is 29.6 Å². The van der Waals surface area contributed by atoms with Crippen molar-refractivity contribution < 1.29 is 32.2 Å². The van der Waals surface area contributed by atoms with Gasteiger partial charge in [-0.15, -0.1) is 0 Å². The number of ether oxygens (including phenoxy) is 2. The highest BCUT2D eigenvalue weighted by Crippen LogP contribution is 2.42. The summed E-state index contributed by atoms with van der Waals surface area (Å²) < 4.78 is 52.3. The number of hydrogen-bond acceptors (Lipinski definition) is 6. The second-order valence-corrected chi connectivity index (χ2v) is 7.49. The molecule has 1 unspecified atom stereocenters. The highest BCUT2D eigenvalue weighted by Gasteiger charge is 2.60. The summed E-state index contributed by atoms with van der Waals surface area (Å²) in [5.41, 5.74) is 6.05. The van der Waals surface area contributed by atoms with E-state index in [0.29, 0.717) is 10.9 Å². The molecule has 11 heteroatoms. The van der Waals surface area contributed by atoms with Crippen LogP contribution < -0.4 is 20.7 Å². The van der Waals surface area contributed by atoms with Crippen LogP contribution in [0.1, 0.15) is 24.2 Å². The number of pyridine rings is 1. The highest BCUT2D eigenvalue weighted by molar-refractivity contribution is 6.02. The van der Waals surface area contributed by atoms with E-state index in [1.807, 2.05) is 0 Å². The number of carbonyl (C=O) groups excluding carboxylic acids is 2. The summed E-state index contributed by atoms with van der Waals surface area (Å²) in [4.78, 5) is 28.6. The van der Waals surface area contributed by atoms with Crippen molar-refractivity contribution >= 4 is 28.6 Å². The van der Waals surface area contributed by atoms with E-state index in [1.165, 1.54) is 24.4 Å². The van der Waals surface area contributed by atoms with Crippen molar-refractivity contribution in [3.05, 3.63) is 30.0 Å². The first kappa shape index (κ1) is 20.0. The standard InChI is InChI=1S/C19H19F3N4O4/c1-8(2)29-14-6-9-11(5-10(14)17(23)27)24-4-3-13(9)26-7-12-15(30-18(28)25-12)16(26)19(20,21)22/h3-6,8,12,15-16H,7H2,1-2H3,(H2,23,27)(H,25,28)/t12-,15-,16?/m1/s1. The van der Waals surface area contributed by atoms with Crippen LogP contribution in [0.4, 0.5) is 23.7 Å². The average molecular weight is 424 g/mol. The molecule has 160 valence electrons. The molecule has 2 aliphatic heterocycles. The quantitative estimate of drug-likeness (QED) is 0.781. The third-order valence-electron chi connectivity index (χ3n) is 5.08. The number of nitrogens with one attached hydrogen (secondary N) is 1. The molecule has 3 heterocycles. The normalized spacial score (nSPS) is 23.5. The smallest absolute Gasteiger partial charge is 0.412 e. The number of nitrogens with two attached hydrogens (primary N) is 1. The van der Waals surface area contributed by atoms with Gasteiger partial charge in [-0.05, 0) is 32.0 Å². The number of rotatable bonds is 4. The maximum Gasteiger partial charge on any atom is 0.412 e. The van der Waals surface area contributed by atoms with Crippen LogP contribution in [-0.2, 0) is 4.74 Å². The zero-order valence-electron chi connectivity index (χ0n) is 16.1. The Balaban J connectivity index is 1.86. The summed E-state index contributed by atoms with van der Waals surface area (Å²) in [5.74, 6) is -0.577. The number of amides is 2. The predicted octanol–water partition coefficient (Wildman–Crippen LogP) is 2.35. The number of aromatic nitrogens is 1. The Morgan fingerprint density at radius 3 is 2.77 bits per heavy atom. The molecule has 0 saturated carbocycles. The minimum Gasteiger partial charge on any atom is -0.490 e. The monoisotopic (exact) mass is 424 g/mol. The molecule has 30 heavy (non-hydrogen) atoms. The van der Waals surface area contributed by atoms with Crippen molar-refractivity contribution in [1.29, 1.82) is 0 Å². The second kappa shape index (κ2) is 6.92. The van der Waals surface area contributed by atoms with Gasteiger partial charge in [0, 0.05) is 23.8 Å². The van der Waals surface area contributed by atoms with E-state index in [9.17, 15) is 22.8 Å². The molecule has 4 rings (SSSR count). The molecule has 2 amide bonds. The van der Waals surface area contributed by atoms with E-state index in [0.717, 1.165) is 4.90 Å². The number of primary amides is 1.